The predicted octanol–water partition coefficient (Wildman–Crippen LogP) is 2.44. The van der Waals surface area contributed by atoms with Crippen molar-refractivity contribution in [2.45, 2.75) is 6.42 Å². The first kappa shape index (κ1) is 13.9. The van der Waals surface area contributed by atoms with Crippen LogP contribution in [0, 0.1) is 0 Å². The van der Waals surface area contributed by atoms with Crippen LogP contribution in [0.2, 0.25) is 0 Å². The molecule has 0 N–H and O–H groups in total. The van der Waals surface area contributed by atoms with Gasteiger partial charge in [0, 0.05) is 6.42 Å². The van der Waals surface area contributed by atoms with Gasteiger partial charge in [0.2, 0.25) is 0 Å². The molecule has 1 heterocycles. The normalized spacial score (nSPS) is 10.1. The van der Waals surface area contributed by atoms with Gasteiger partial charge in [-0.2, -0.15) is 0 Å². The molecule has 0 bridgehead atoms. The minimum atomic E-state index is -0.631. The van der Waals surface area contributed by atoms with Crippen LogP contribution in [0.25, 0.3) is 0 Å². The van der Waals surface area contributed by atoms with Gasteiger partial charge in [-0.1, -0.05) is 30.3 Å². The van der Waals surface area contributed by atoms with Crippen molar-refractivity contribution in [2.75, 3.05) is 14.2 Å². The Morgan fingerprint density at radius 1 is 1.05 bits per heavy atom. The molecule has 0 fully saturated rings. The third-order valence-corrected chi connectivity index (χ3v) is 2.87. The lowest BCUT2D eigenvalue weighted by Gasteiger charge is -2.03. The Labute approximate surface area is 116 Å². The molecule has 0 spiro atoms. The average molecular weight is 274 g/mol. The Balaban J connectivity index is 2.40. The molecule has 0 unspecified atom stereocenters. The van der Waals surface area contributed by atoms with Crippen LogP contribution in [0.5, 0.6) is 0 Å². The molecule has 0 radical (unpaired) electrons. The van der Waals surface area contributed by atoms with E-state index in [-0.39, 0.29) is 11.1 Å². The first-order chi connectivity index (χ1) is 9.67. The van der Waals surface area contributed by atoms with E-state index < -0.39 is 11.9 Å². The van der Waals surface area contributed by atoms with Gasteiger partial charge in [-0.15, -0.1) is 0 Å². The molecule has 0 amide bonds. The Bertz CT molecular complexity index is 612. The maximum atomic E-state index is 11.8. The Morgan fingerprint density at radius 2 is 1.70 bits per heavy atom. The van der Waals surface area contributed by atoms with Crippen molar-refractivity contribution < 1.29 is 23.5 Å². The van der Waals surface area contributed by atoms with Crippen LogP contribution in [-0.2, 0) is 15.9 Å². The highest BCUT2D eigenvalue weighted by Gasteiger charge is 2.26. The summed E-state index contributed by atoms with van der Waals surface area (Å²) in [5, 5.41) is 0. The van der Waals surface area contributed by atoms with Gasteiger partial charge in [0.25, 0.3) is 0 Å². The zero-order chi connectivity index (χ0) is 14.5. The van der Waals surface area contributed by atoms with Crippen molar-refractivity contribution in [3.05, 3.63) is 59.0 Å². The van der Waals surface area contributed by atoms with E-state index in [0.717, 1.165) is 5.56 Å². The van der Waals surface area contributed by atoms with Crippen LogP contribution in [0.3, 0.4) is 0 Å². The highest BCUT2D eigenvalue weighted by atomic mass is 16.5. The summed E-state index contributed by atoms with van der Waals surface area (Å²) < 4.78 is 14.7. The van der Waals surface area contributed by atoms with Gasteiger partial charge >= 0.3 is 11.9 Å². The van der Waals surface area contributed by atoms with E-state index in [4.69, 9.17) is 9.15 Å². The van der Waals surface area contributed by atoms with E-state index in [0.29, 0.717) is 12.2 Å². The lowest BCUT2D eigenvalue weighted by molar-refractivity contribution is 0.0556. The Morgan fingerprint density at radius 3 is 2.30 bits per heavy atom. The van der Waals surface area contributed by atoms with Crippen LogP contribution < -0.4 is 0 Å². The highest BCUT2D eigenvalue weighted by molar-refractivity contribution is 6.03. The lowest BCUT2D eigenvalue weighted by Crippen LogP contribution is -2.11. The van der Waals surface area contributed by atoms with Crippen molar-refractivity contribution in [1.82, 2.24) is 0 Å². The second-order valence-corrected chi connectivity index (χ2v) is 4.09. The molecule has 0 atom stereocenters. The molecule has 0 aliphatic rings. The molecule has 0 aliphatic carbocycles. The van der Waals surface area contributed by atoms with Crippen LogP contribution in [0.4, 0.5) is 0 Å². The number of benzene rings is 1. The van der Waals surface area contributed by atoms with Crippen molar-refractivity contribution in [1.29, 1.82) is 0 Å². The van der Waals surface area contributed by atoms with Gasteiger partial charge in [0.1, 0.15) is 23.2 Å². The topological polar surface area (TPSA) is 65.7 Å². The molecule has 0 saturated carbocycles. The zero-order valence-corrected chi connectivity index (χ0v) is 11.2. The molecule has 0 aliphatic heterocycles. The molecular formula is C15H14O5. The summed E-state index contributed by atoms with van der Waals surface area (Å²) in [7, 11) is 2.50. The molecule has 2 rings (SSSR count). The summed E-state index contributed by atoms with van der Waals surface area (Å²) in [5.41, 5.74) is 1.15. The molecule has 5 heteroatoms. The summed E-state index contributed by atoms with van der Waals surface area (Å²) >= 11 is 0. The number of hydrogen-bond donors (Lipinski definition) is 0. The second kappa shape index (κ2) is 6.06. The number of rotatable bonds is 4. The van der Waals surface area contributed by atoms with Crippen LogP contribution in [0.15, 0.2) is 41.0 Å². The summed E-state index contributed by atoms with van der Waals surface area (Å²) in [5.74, 6) is -0.873. The van der Waals surface area contributed by atoms with E-state index in [9.17, 15) is 9.59 Å². The van der Waals surface area contributed by atoms with Crippen molar-refractivity contribution in [3.8, 4) is 0 Å². The van der Waals surface area contributed by atoms with Gasteiger partial charge in [0.05, 0.1) is 14.2 Å². The van der Waals surface area contributed by atoms with Crippen LogP contribution in [-0.4, -0.2) is 26.2 Å². The molecule has 2 aromatic rings. The minimum absolute atomic E-state index is 0.0743. The fourth-order valence-corrected chi connectivity index (χ4v) is 1.90. The fraction of sp³-hybridized carbons (Fsp3) is 0.200. The van der Waals surface area contributed by atoms with Crippen molar-refractivity contribution in [3.63, 3.8) is 0 Å². The van der Waals surface area contributed by atoms with E-state index in [1.807, 2.05) is 30.3 Å². The second-order valence-electron chi connectivity index (χ2n) is 4.09. The van der Waals surface area contributed by atoms with Crippen LogP contribution in [0.1, 0.15) is 32.0 Å². The van der Waals surface area contributed by atoms with Gasteiger partial charge in [-0.3, -0.25) is 0 Å². The number of carbonyl (C=O) groups excluding carboxylic acids is 2. The van der Waals surface area contributed by atoms with Gasteiger partial charge in [0.15, 0.2) is 0 Å². The third kappa shape index (κ3) is 2.71. The summed E-state index contributed by atoms with van der Waals surface area (Å²) in [4.78, 5) is 23.5. The maximum Gasteiger partial charge on any atom is 0.342 e. The van der Waals surface area contributed by atoms with E-state index in [2.05, 4.69) is 4.74 Å². The molecule has 1 aromatic carbocycles. The molecule has 5 nitrogen and oxygen atoms in total. The third-order valence-electron chi connectivity index (χ3n) is 2.87. The maximum absolute atomic E-state index is 11.8. The number of esters is 2. The molecule has 1 aromatic heterocycles. The minimum Gasteiger partial charge on any atom is -0.467 e. The lowest BCUT2D eigenvalue weighted by atomic mass is 10.0. The number of hydrogen-bond acceptors (Lipinski definition) is 5. The quantitative estimate of drug-likeness (QED) is 0.801. The first-order valence-corrected chi connectivity index (χ1v) is 5.98. The monoisotopic (exact) mass is 274 g/mol. The number of methoxy groups -OCH3 is 2. The molecular weight excluding hydrogens is 260 g/mol. The zero-order valence-electron chi connectivity index (χ0n) is 11.2. The molecule has 0 saturated heterocycles. The number of furan rings is 1. The van der Waals surface area contributed by atoms with E-state index in [1.165, 1.54) is 20.5 Å². The number of ether oxygens (including phenoxy) is 2. The highest BCUT2D eigenvalue weighted by Crippen LogP contribution is 2.22. The predicted molar refractivity (Wildman–Crippen MR) is 70.6 cm³/mol. The largest absolute Gasteiger partial charge is 0.467 e. The molecule has 104 valence electrons. The summed E-state index contributed by atoms with van der Waals surface area (Å²) in [6.45, 7) is 0. The van der Waals surface area contributed by atoms with E-state index in [1.54, 1.807) is 0 Å². The Hall–Kier alpha value is -2.56. The first-order valence-electron chi connectivity index (χ1n) is 5.98. The Kier molecular flexibility index (Phi) is 4.20. The SMILES string of the molecule is COC(=O)c1coc(Cc2ccccc2)c1C(=O)OC. The smallest absolute Gasteiger partial charge is 0.342 e. The van der Waals surface area contributed by atoms with Crippen molar-refractivity contribution in [2.24, 2.45) is 0 Å². The summed E-state index contributed by atoms with van der Waals surface area (Å²) in [6.07, 6.45) is 1.61. The van der Waals surface area contributed by atoms with Crippen LogP contribution >= 0.6 is 0 Å². The van der Waals surface area contributed by atoms with Gasteiger partial charge < -0.3 is 13.9 Å². The van der Waals surface area contributed by atoms with Gasteiger partial charge in [-0.25, -0.2) is 9.59 Å². The average Bonchev–Trinajstić information content (AvgIpc) is 2.90. The standard InChI is InChI=1S/C15H14O5/c1-18-14(16)11-9-20-12(13(11)15(17)19-2)8-10-6-4-3-5-7-10/h3-7,9H,8H2,1-2H3. The summed E-state index contributed by atoms with van der Waals surface area (Å²) in [6, 6.07) is 9.48. The van der Waals surface area contributed by atoms with Gasteiger partial charge in [-0.05, 0) is 5.56 Å². The number of carbonyl (C=O) groups is 2. The molecule has 20 heavy (non-hydrogen) atoms. The van der Waals surface area contributed by atoms with Crippen molar-refractivity contribution >= 4 is 11.9 Å². The van der Waals surface area contributed by atoms with E-state index >= 15 is 0 Å². The fourth-order valence-electron chi connectivity index (χ4n) is 1.90.